The van der Waals surface area contributed by atoms with Gasteiger partial charge < -0.3 is 10.2 Å². The first-order chi connectivity index (χ1) is 8.63. The van der Waals surface area contributed by atoms with Crippen LogP contribution in [0.2, 0.25) is 5.02 Å². The Labute approximate surface area is 110 Å². The molecule has 0 spiro atoms. The van der Waals surface area contributed by atoms with Gasteiger partial charge in [0.25, 0.3) is 0 Å². The number of benzene rings is 1. The van der Waals surface area contributed by atoms with Crippen LogP contribution in [-0.2, 0) is 0 Å². The van der Waals surface area contributed by atoms with Gasteiger partial charge in [0.1, 0.15) is 5.58 Å². The number of Topliss-reactive ketones (excluding diaryl/α,β-unsaturated/α-hetero) is 1. The third kappa shape index (κ3) is 2.28. The van der Waals surface area contributed by atoms with Gasteiger partial charge in [-0.1, -0.05) is 11.6 Å². The minimum absolute atomic E-state index is 0.0262. The lowest BCUT2D eigenvalue weighted by molar-refractivity contribution is 0.0946. The number of nitrogens with two attached hydrogens (primary N) is 1. The number of carbonyl (C=O) groups excluding carboxylic acids is 1. The maximum atomic E-state index is 12.0. The van der Waals surface area contributed by atoms with E-state index in [1.807, 2.05) is 0 Å². The molecule has 1 aliphatic carbocycles. The minimum atomic E-state index is -0.0331. The number of hydrogen-bond donors (Lipinski definition) is 1. The predicted octanol–water partition coefficient (Wildman–Crippen LogP) is 3.40. The van der Waals surface area contributed by atoms with E-state index >= 15 is 0 Å². The summed E-state index contributed by atoms with van der Waals surface area (Å²) in [5.74, 6) is 0.873. The summed E-state index contributed by atoms with van der Waals surface area (Å²) in [6.45, 7) is 0. The van der Waals surface area contributed by atoms with E-state index in [2.05, 4.69) is 0 Å². The molecule has 94 valence electrons. The molecule has 18 heavy (non-hydrogen) atoms. The molecule has 1 heterocycles. The van der Waals surface area contributed by atoms with Gasteiger partial charge in [-0.05, 0) is 43.0 Å². The highest BCUT2D eigenvalue weighted by atomic mass is 35.5. The minimum Gasteiger partial charge on any atom is -0.453 e. The zero-order chi connectivity index (χ0) is 12.7. The van der Waals surface area contributed by atoms with Crippen molar-refractivity contribution in [2.75, 3.05) is 0 Å². The fourth-order valence-electron chi connectivity index (χ4n) is 2.16. The lowest BCUT2D eigenvalue weighted by Gasteiger charge is -2.06. The summed E-state index contributed by atoms with van der Waals surface area (Å²) in [5, 5.41) is 1.49. The maximum absolute atomic E-state index is 12.0. The Kier molecular flexibility index (Phi) is 2.88. The van der Waals surface area contributed by atoms with Crippen molar-refractivity contribution in [2.45, 2.75) is 25.3 Å². The Morgan fingerprint density at radius 3 is 2.94 bits per heavy atom. The molecule has 0 aliphatic heterocycles. The van der Waals surface area contributed by atoms with Gasteiger partial charge in [-0.2, -0.15) is 0 Å². The van der Waals surface area contributed by atoms with E-state index < -0.39 is 0 Å². The molecule has 1 aromatic heterocycles. The van der Waals surface area contributed by atoms with Crippen molar-refractivity contribution >= 4 is 28.4 Å². The SMILES string of the molecule is NC(CC(=O)c1cc2cc(Cl)ccc2o1)C1CC1. The topological polar surface area (TPSA) is 56.2 Å². The fourth-order valence-corrected chi connectivity index (χ4v) is 2.34. The van der Waals surface area contributed by atoms with Crippen molar-refractivity contribution in [3.63, 3.8) is 0 Å². The van der Waals surface area contributed by atoms with E-state index in [1.165, 1.54) is 0 Å². The lowest BCUT2D eigenvalue weighted by Crippen LogP contribution is -2.25. The Hall–Kier alpha value is -1.32. The Morgan fingerprint density at radius 1 is 1.44 bits per heavy atom. The van der Waals surface area contributed by atoms with Crippen LogP contribution in [0.1, 0.15) is 29.8 Å². The molecule has 1 saturated carbocycles. The number of ketones is 1. The smallest absolute Gasteiger partial charge is 0.199 e. The first-order valence-electron chi connectivity index (χ1n) is 6.11. The van der Waals surface area contributed by atoms with Crippen LogP contribution in [0.15, 0.2) is 28.7 Å². The largest absolute Gasteiger partial charge is 0.453 e. The standard InChI is InChI=1S/C14H14ClNO2/c15-10-3-4-13-9(5-10)6-14(18-13)12(17)7-11(16)8-1-2-8/h3-6,8,11H,1-2,7,16H2. The number of carbonyl (C=O) groups is 1. The van der Waals surface area contributed by atoms with Crippen molar-refractivity contribution in [3.8, 4) is 0 Å². The highest BCUT2D eigenvalue weighted by Crippen LogP contribution is 2.33. The van der Waals surface area contributed by atoms with E-state index in [0.717, 1.165) is 18.2 Å². The zero-order valence-corrected chi connectivity index (χ0v) is 10.6. The summed E-state index contributed by atoms with van der Waals surface area (Å²) < 4.78 is 5.52. The van der Waals surface area contributed by atoms with Crippen LogP contribution in [0.25, 0.3) is 11.0 Å². The van der Waals surface area contributed by atoms with E-state index in [1.54, 1.807) is 24.3 Å². The van der Waals surface area contributed by atoms with Crippen molar-refractivity contribution in [2.24, 2.45) is 11.7 Å². The summed E-state index contributed by atoms with van der Waals surface area (Å²) in [7, 11) is 0. The van der Waals surface area contributed by atoms with Crippen LogP contribution in [-0.4, -0.2) is 11.8 Å². The van der Waals surface area contributed by atoms with E-state index in [9.17, 15) is 4.79 Å². The van der Waals surface area contributed by atoms with Gasteiger partial charge >= 0.3 is 0 Å². The molecular formula is C14H14ClNO2. The summed E-state index contributed by atoms with van der Waals surface area (Å²) in [6, 6.07) is 7.02. The van der Waals surface area contributed by atoms with Crippen LogP contribution < -0.4 is 5.73 Å². The third-order valence-electron chi connectivity index (χ3n) is 3.40. The van der Waals surface area contributed by atoms with Gasteiger partial charge in [0.05, 0.1) is 0 Å². The molecule has 1 atom stereocenters. The maximum Gasteiger partial charge on any atom is 0.199 e. The van der Waals surface area contributed by atoms with E-state index in [-0.39, 0.29) is 11.8 Å². The first kappa shape index (κ1) is 11.8. The summed E-state index contributed by atoms with van der Waals surface area (Å²) in [5.41, 5.74) is 6.64. The Bertz CT molecular complexity index is 601. The molecule has 1 fully saturated rings. The normalized spacial score (nSPS) is 17.0. The van der Waals surface area contributed by atoms with Crippen molar-refractivity contribution < 1.29 is 9.21 Å². The molecule has 2 N–H and O–H groups in total. The molecule has 0 radical (unpaired) electrons. The number of rotatable bonds is 4. The van der Waals surface area contributed by atoms with Crippen LogP contribution >= 0.6 is 11.6 Å². The fraction of sp³-hybridized carbons (Fsp3) is 0.357. The molecule has 3 nitrogen and oxygen atoms in total. The molecule has 1 aromatic carbocycles. The Morgan fingerprint density at radius 2 is 2.22 bits per heavy atom. The van der Waals surface area contributed by atoms with Crippen LogP contribution in [0.4, 0.5) is 0 Å². The third-order valence-corrected chi connectivity index (χ3v) is 3.64. The van der Waals surface area contributed by atoms with Crippen molar-refractivity contribution in [3.05, 3.63) is 35.0 Å². The molecule has 1 aliphatic rings. The summed E-state index contributed by atoms with van der Waals surface area (Å²) >= 11 is 5.90. The van der Waals surface area contributed by atoms with E-state index in [4.69, 9.17) is 21.8 Å². The quantitative estimate of drug-likeness (QED) is 0.860. The zero-order valence-electron chi connectivity index (χ0n) is 9.86. The molecule has 2 aromatic rings. The number of halogens is 1. The molecular weight excluding hydrogens is 250 g/mol. The monoisotopic (exact) mass is 263 g/mol. The first-order valence-corrected chi connectivity index (χ1v) is 6.49. The van der Waals surface area contributed by atoms with Crippen molar-refractivity contribution in [1.82, 2.24) is 0 Å². The average molecular weight is 264 g/mol. The molecule has 4 heteroatoms. The molecule has 3 rings (SSSR count). The Balaban J connectivity index is 1.82. The van der Waals surface area contributed by atoms with Crippen molar-refractivity contribution in [1.29, 1.82) is 0 Å². The van der Waals surface area contributed by atoms with Gasteiger partial charge in [0.15, 0.2) is 11.5 Å². The highest BCUT2D eigenvalue weighted by Gasteiger charge is 2.30. The molecule has 0 saturated heterocycles. The van der Waals surface area contributed by atoms with Gasteiger partial charge in [-0.25, -0.2) is 0 Å². The second-order valence-corrected chi connectivity index (χ2v) is 5.36. The molecule has 1 unspecified atom stereocenters. The predicted molar refractivity (Wildman–Crippen MR) is 70.9 cm³/mol. The second kappa shape index (κ2) is 4.41. The second-order valence-electron chi connectivity index (χ2n) is 4.92. The summed E-state index contributed by atoms with van der Waals surface area (Å²) in [6.07, 6.45) is 2.65. The average Bonchev–Trinajstić information content (AvgIpc) is 3.09. The lowest BCUT2D eigenvalue weighted by atomic mass is 10.1. The number of hydrogen-bond acceptors (Lipinski definition) is 3. The molecule has 0 bridgehead atoms. The van der Waals surface area contributed by atoms with Crippen LogP contribution in [0, 0.1) is 5.92 Å². The van der Waals surface area contributed by atoms with Crippen LogP contribution in [0.3, 0.4) is 0 Å². The van der Waals surface area contributed by atoms with Crippen LogP contribution in [0.5, 0.6) is 0 Å². The van der Waals surface area contributed by atoms with Gasteiger partial charge in [0.2, 0.25) is 0 Å². The number of furan rings is 1. The molecule has 0 amide bonds. The van der Waals surface area contributed by atoms with Gasteiger partial charge in [-0.15, -0.1) is 0 Å². The number of fused-ring (bicyclic) bond motifs is 1. The summed E-state index contributed by atoms with van der Waals surface area (Å²) in [4.78, 5) is 12.0. The van der Waals surface area contributed by atoms with E-state index in [0.29, 0.717) is 28.7 Å². The van der Waals surface area contributed by atoms with Gasteiger partial charge in [0, 0.05) is 22.9 Å². The highest BCUT2D eigenvalue weighted by molar-refractivity contribution is 6.31. The van der Waals surface area contributed by atoms with Gasteiger partial charge in [-0.3, -0.25) is 4.79 Å².